The number of benzene rings is 1. The monoisotopic (exact) mass is 490 g/mol. The van der Waals surface area contributed by atoms with Crippen molar-refractivity contribution in [1.29, 1.82) is 0 Å². The lowest BCUT2D eigenvalue weighted by molar-refractivity contribution is -0.139. The fourth-order valence-electron chi connectivity index (χ4n) is 3.84. The fraction of sp³-hybridized carbons (Fsp3) is 0.522. The number of ketones is 1. The quantitative estimate of drug-likeness (QED) is 0.389. The highest BCUT2D eigenvalue weighted by Gasteiger charge is 2.38. The summed E-state index contributed by atoms with van der Waals surface area (Å²) in [7, 11) is 0. The number of hydrogen-bond acceptors (Lipinski definition) is 6. The number of amides is 4. The average Bonchev–Trinajstić information content (AvgIpc) is 3.70. The van der Waals surface area contributed by atoms with Crippen LogP contribution in [-0.2, 0) is 19.1 Å². The minimum absolute atomic E-state index is 0.00453. The van der Waals surface area contributed by atoms with Crippen molar-refractivity contribution in [2.75, 3.05) is 5.32 Å². The SMILES string of the molecule is C[C@@H]1C[C@@H](CC(NC(=O)c2cc(Cl)ccc2NC(=O)OC2CC2)C(=O)C(=O)NC2CC2)C(=O)N1. The standard InChI is InChI=1S/C23H27ClN4O6/c1-11-8-12(20(30)25-11)9-18(19(29)22(32)26-14-3-4-14)27-21(31)16-10-13(24)2-7-17(16)28-23(33)34-15-5-6-15/h2,7,10-12,14-15,18H,3-6,8-9H2,1H3,(H,25,30)(H,26,32)(H,27,31)(H,28,33)/t11-,12+,18?/m1/s1. The Morgan fingerprint density at radius 1 is 1.18 bits per heavy atom. The van der Waals surface area contributed by atoms with Gasteiger partial charge in [0.25, 0.3) is 11.8 Å². The smallest absolute Gasteiger partial charge is 0.411 e. The Kier molecular flexibility index (Phi) is 7.06. The van der Waals surface area contributed by atoms with Gasteiger partial charge in [-0.15, -0.1) is 0 Å². The number of Topliss-reactive ketones (excluding diaryl/α,β-unsaturated/α-hetero) is 1. The zero-order chi connectivity index (χ0) is 24.4. The highest BCUT2D eigenvalue weighted by Crippen LogP contribution is 2.26. The molecule has 0 bridgehead atoms. The summed E-state index contributed by atoms with van der Waals surface area (Å²) in [4.78, 5) is 62.9. The van der Waals surface area contributed by atoms with Gasteiger partial charge < -0.3 is 20.7 Å². The minimum Gasteiger partial charge on any atom is -0.446 e. The molecule has 3 atom stereocenters. The Morgan fingerprint density at radius 3 is 2.53 bits per heavy atom. The van der Waals surface area contributed by atoms with E-state index in [-0.39, 0.29) is 46.8 Å². The normalized spacial score (nSPS) is 22.4. The molecular formula is C23H27ClN4O6. The number of rotatable bonds is 9. The van der Waals surface area contributed by atoms with Gasteiger partial charge in [0.1, 0.15) is 6.10 Å². The van der Waals surface area contributed by atoms with Crippen LogP contribution < -0.4 is 21.3 Å². The lowest BCUT2D eigenvalue weighted by Crippen LogP contribution is -2.49. The van der Waals surface area contributed by atoms with Gasteiger partial charge in [-0.1, -0.05) is 11.6 Å². The predicted molar refractivity (Wildman–Crippen MR) is 122 cm³/mol. The lowest BCUT2D eigenvalue weighted by atomic mass is 9.93. The first-order valence-corrected chi connectivity index (χ1v) is 11.8. The van der Waals surface area contributed by atoms with Crippen molar-refractivity contribution < 1.29 is 28.7 Å². The van der Waals surface area contributed by atoms with Crippen molar-refractivity contribution in [2.45, 2.75) is 69.7 Å². The molecule has 1 heterocycles. The summed E-state index contributed by atoms with van der Waals surface area (Å²) < 4.78 is 5.17. The predicted octanol–water partition coefficient (Wildman–Crippen LogP) is 1.91. The highest BCUT2D eigenvalue weighted by molar-refractivity contribution is 6.38. The van der Waals surface area contributed by atoms with E-state index in [1.165, 1.54) is 18.2 Å². The van der Waals surface area contributed by atoms with Crippen LogP contribution in [0.4, 0.5) is 10.5 Å². The van der Waals surface area contributed by atoms with E-state index in [0.29, 0.717) is 6.42 Å². The van der Waals surface area contributed by atoms with Gasteiger partial charge in [-0.05, 0) is 63.6 Å². The van der Waals surface area contributed by atoms with Crippen LogP contribution in [0.2, 0.25) is 5.02 Å². The van der Waals surface area contributed by atoms with Gasteiger partial charge in [-0.25, -0.2) is 4.79 Å². The van der Waals surface area contributed by atoms with Gasteiger partial charge in [0, 0.05) is 23.0 Å². The van der Waals surface area contributed by atoms with Crippen LogP contribution in [0.25, 0.3) is 0 Å². The number of nitrogens with one attached hydrogen (secondary N) is 4. The Morgan fingerprint density at radius 2 is 1.91 bits per heavy atom. The Hall–Kier alpha value is -3.14. The van der Waals surface area contributed by atoms with Gasteiger partial charge in [-0.2, -0.15) is 0 Å². The molecule has 34 heavy (non-hydrogen) atoms. The molecule has 3 fully saturated rings. The summed E-state index contributed by atoms with van der Waals surface area (Å²) in [5.74, 6) is -3.08. The molecule has 182 valence electrons. The minimum atomic E-state index is -1.22. The molecule has 1 aromatic rings. The van der Waals surface area contributed by atoms with E-state index >= 15 is 0 Å². The molecule has 4 rings (SSSR count). The van der Waals surface area contributed by atoms with Crippen LogP contribution in [0.15, 0.2) is 18.2 Å². The van der Waals surface area contributed by atoms with Crippen LogP contribution in [0.5, 0.6) is 0 Å². The molecule has 3 aliphatic rings. The second kappa shape index (κ2) is 10.0. The molecular weight excluding hydrogens is 464 g/mol. The van der Waals surface area contributed by atoms with Gasteiger partial charge in [0.05, 0.1) is 17.3 Å². The second-order valence-electron chi connectivity index (χ2n) is 9.14. The van der Waals surface area contributed by atoms with E-state index in [4.69, 9.17) is 16.3 Å². The van der Waals surface area contributed by atoms with Gasteiger partial charge in [-0.3, -0.25) is 24.5 Å². The number of halogens is 1. The molecule has 1 aromatic carbocycles. The Bertz CT molecular complexity index is 1020. The molecule has 4 N–H and O–H groups in total. The summed E-state index contributed by atoms with van der Waals surface area (Å²) >= 11 is 6.07. The summed E-state index contributed by atoms with van der Waals surface area (Å²) in [5, 5.41) is 10.8. The summed E-state index contributed by atoms with van der Waals surface area (Å²) in [6.45, 7) is 1.84. The van der Waals surface area contributed by atoms with E-state index in [1.807, 2.05) is 6.92 Å². The molecule has 1 aliphatic heterocycles. The number of carbonyl (C=O) groups is 5. The van der Waals surface area contributed by atoms with E-state index in [0.717, 1.165) is 25.7 Å². The van der Waals surface area contributed by atoms with E-state index < -0.39 is 35.7 Å². The summed E-state index contributed by atoms with van der Waals surface area (Å²) in [6.07, 6.45) is 2.82. The highest BCUT2D eigenvalue weighted by atomic mass is 35.5. The van der Waals surface area contributed by atoms with Crippen LogP contribution in [0, 0.1) is 5.92 Å². The van der Waals surface area contributed by atoms with Gasteiger partial charge in [0.2, 0.25) is 11.7 Å². The van der Waals surface area contributed by atoms with E-state index in [9.17, 15) is 24.0 Å². The molecule has 11 heteroatoms. The maximum Gasteiger partial charge on any atom is 0.411 e. The first-order valence-electron chi connectivity index (χ1n) is 11.4. The molecule has 0 spiro atoms. The Balaban J connectivity index is 1.51. The molecule has 10 nitrogen and oxygen atoms in total. The molecule has 1 saturated heterocycles. The first-order chi connectivity index (χ1) is 16.2. The molecule has 0 aromatic heterocycles. The summed E-state index contributed by atoms with van der Waals surface area (Å²) in [6, 6.07) is 2.97. The number of anilines is 1. The van der Waals surface area contributed by atoms with Crippen molar-refractivity contribution in [2.24, 2.45) is 5.92 Å². The van der Waals surface area contributed by atoms with Crippen LogP contribution in [-0.4, -0.2) is 53.8 Å². The second-order valence-corrected chi connectivity index (χ2v) is 9.57. The first kappa shape index (κ1) is 24.0. The molecule has 2 aliphatic carbocycles. The van der Waals surface area contributed by atoms with Gasteiger partial charge >= 0.3 is 6.09 Å². The molecule has 0 radical (unpaired) electrons. The third kappa shape index (κ3) is 6.25. The molecule has 4 amide bonds. The maximum atomic E-state index is 13.2. The van der Waals surface area contributed by atoms with Crippen molar-refractivity contribution in [1.82, 2.24) is 16.0 Å². The van der Waals surface area contributed by atoms with Crippen molar-refractivity contribution in [3.05, 3.63) is 28.8 Å². The third-order valence-electron chi connectivity index (χ3n) is 5.94. The third-order valence-corrected chi connectivity index (χ3v) is 6.17. The van der Waals surface area contributed by atoms with E-state index in [1.54, 1.807) is 0 Å². The van der Waals surface area contributed by atoms with Crippen molar-refractivity contribution in [3.8, 4) is 0 Å². The lowest BCUT2D eigenvalue weighted by Gasteiger charge is -2.21. The van der Waals surface area contributed by atoms with Gasteiger partial charge in [0.15, 0.2) is 0 Å². The zero-order valence-corrected chi connectivity index (χ0v) is 19.4. The number of carbonyl (C=O) groups excluding carboxylic acids is 5. The summed E-state index contributed by atoms with van der Waals surface area (Å²) in [5.41, 5.74) is 0.151. The molecule has 2 saturated carbocycles. The Labute approximate surface area is 201 Å². The average molecular weight is 491 g/mol. The molecule has 1 unspecified atom stereocenters. The van der Waals surface area contributed by atoms with Crippen molar-refractivity contribution >= 4 is 46.9 Å². The zero-order valence-electron chi connectivity index (χ0n) is 18.7. The topological polar surface area (TPSA) is 143 Å². The largest absolute Gasteiger partial charge is 0.446 e. The van der Waals surface area contributed by atoms with Crippen LogP contribution in [0.3, 0.4) is 0 Å². The number of hydrogen-bond donors (Lipinski definition) is 4. The fourth-order valence-corrected chi connectivity index (χ4v) is 4.01. The maximum absolute atomic E-state index is 13.2. The number of ether oxygens (including phenoxy) is 1. The van der Waals surface area contributed by atoms with Crippen molar-refractivity contribution in [3.63, 3.8) is 0 Å². The van der Waals surface area contributed by atoms with E-state index in [2.05, 4.69) is 21.3 Å². The van der Waals surface area contributed by atoms with Crippen LogP contribution in [0.1, 0.15) is 55.8 Å². The van der Waals surface area contributed by atoms with Crippen LogP contribution >= 0.6 is 11.6 Å².